The van der Waals surface area contributed by atoms with E-state index < -0.39 is 7.92 Å². The molecule has 34 heavy (non-hydrogen) atoms. The molecule has 166 valence electrons. The van der Waals surface area contributed by atoms with Crippen molar-refractivity contribution in [3.63, 3.8) is 0 Å². The van der Waals surface area contributed by atoms with Crippen LogP contribution in [0.1, 0.15) is 13.8 Å². The smallest absolute Gasteiger partial charge is 0.0355 e. The fourth-order valence-electron chi connectivity index (χ4n) is 4.38. The van der Waals surface area contributed by atoms with E-state index in [1.165, 1.54) is 47.2 Å². The summed E-state index contributed by atoms with van der Waals surface area (Å²) in [4.78, 5) is 0. The lowest BCUT2D eigenvalue weighted by molar-refractivity contribution is 1.66. The minimum Gasteiger partial charge on any atom is -0.135 e. The molecule has 0 N–H and O–H groups in total. The molecule has 0 fully saturated rings. The van der Waals surface area contributed by atoms with E-state index in [2.05, 4.69) is 141 Å². The first-order chi connectivity index (χ1) is 16.8. The van der Waals surface area contributed by atoms with E-state index in [9.17, 15) is 0 Å². The lowest BCUT2D eigenvalue weighted by Gasteiger charge is -2.23. The van der Waals surface area contributed by atoms with Crippen molar-refractivity contribution in [1.29, 1.82) is 0 Å². The van der Waals surface area contributed by atoms with Crippen LogP contribution in [0.15, 0.2) is 133 Å². The lowest BCUT2D eigenvalue weighted by Crippen LogP contribution is -2.15. The Bertz CT molecular complexity index is 1520. The van der Waals surface area contributed by atoms with Crippen LogP contribution in [0.3, 0.4) is 0 Å². The Labute approximate surface area is 207 Å². The summed E-state index contributed by atoms with van der Waals surface area (Å²) >= 11 is 1.87. The maximum Gasteiger partial charge on any atom is 0.0355 e. The highest BCUT2D eigenvalue weighted by atomic mass is 32.1. The Kier molecular flexibility index (Phi) is 6.86. The second-order valence-corrected chi connectivity index (χ2v) is 11.4. The van der Waals surface area contributed by atoms with Crippen LogP contribution in [-0.4, -0.2) is 0 Å². The van der Waals surface area contributed by atoms with Crippen LogP contribution in [0.25, 0.3) is 31.3 Å². The molecule has 0 nitrogen and oxygen atoms in total. The van der Waals surface area contributed by atoms with E-state index >= 15 is 0 Å². The molecule has 1 aromatic heterocycles. The van der Waals surface area contributed by atoms with E-state index in [0.717, 1.165) is 0 Å². The monoisotopic (exact) mass is 474 g/mol. The van der Waals surface area contributed by atoms with Crippen molar-refractivity contribution in [2.45, 2.75) is 13.8 Å². The van der Waals surface area contributed by atoms with Crippen LogP contribution in [0.4, 0.5) is 0 Å². The van der Waals surface area contributed by atoms with Gasteiger partial charge in [0.05, 0.1) is 0 Å². The highest BCUT2D eigenvalue weighted by Crippen LogP contribution is 2.46. The van der Waals surface area contributed by atoms with Crippen LogP contribution in [0.2, 0.25) is 0 Å². The van der Waals surface area contributed by atoms with Crippen molar-refractivity contribution < 1.29 is 0 Å². The SMILES string of the molecule is C/C=C/C=C\C(=C/C)P(c1ccccc1)c1ccccc1-c1ccc2sc3ccccc3c2c1. The van der Waals surface area contributed by atoms with Gasteiger partial charge < -0.3 is 0 Å². The summed E-state index contributed by atoms with van der Waals surface area (Å²) in [5.74, 6) is 0. The number of thiophene rings is 1. The Hall–Kier alpha value is -3.25. The molecule has 0 aliphatic carbocycles. The van der Waals surface area contributed by atoms with E-state index in [4.69, 9.17) is 0 Å². The maximum absolute atomic E-state index is 2.39. The lowest BCUT2D eigenvalue weighted by atomic mass is 10.0. The average molecular weight is 475 g/mol. The van der Waals surface area contributed by atoms with Crippen molar-refractivity contribution in [3.05, 3.63) is 133 Å². The molecule has 5 aromatic rings. The number of rotatable bonds is 6. The third kappa shape index (κ3) is 4.42. The largest absolute Gasteiger partial charge is 0.135 e. The van der Waals surface area contributed by atoms with Crippen molar-refractivity contribution in [1.82, 2.24) is 0 Å². The van der Waals surface area contributed by atoms with Gasteiger partial charge >= 0.3 is 0 Å². The molecule has 0 aliphatic rings. The minimum atomic E-state index is -0.699. The molecular formula is C32H27PS. The van der Waals surface area contributed by atoms with Gasteiger partial charge in [0.15, 0.2) is 0 Å². The zero-order chi connectivity index (χ0) is 23.3. The van der Waals surface area contributed by atoms with Crippen molar-refractivity contribution in [3.8, 4) is 11.1 Å². The molecule has 0 saturated carbocycles. The van der Waals surface area contributed by atoms with E-state index in [0.29, 0.717) is 0 Å². The van der Waals surface area contributed by atoms with Gasteiger partial charge in [0.2, 0.25) is 0 Å². The van der Waals surface area contributed by atoms with E-state index in [-0.39, 0.29) is 0 Å². The Balaban J connectivity index is 1.70. The zero-order valence-corrected chi connectivity index (χ0v) is 21.2. The highest BCUT2D eigenvalue weighted by molar-refractivity contribution is 7.77. The fraction of sp³-hybridized carbons (Fsp3) is 0.0625. The molecule has 5 rings (SSSR count). The molecule has 0 saturated heterocycles. The fourth-order valence-corrected chi connectivity index (χ4v) is 7.96. The molecular weight excluding hydrogens is 447 g/mol. The molecule has 0 amide bonds. The molecule has 1 heterocycles. The summed E-state index contributed by atoms with van der Waals surface area (Å²) in [6, 6.07) is 35.6. The van der Waals surface area contributed by atoms with Crippen LogP contribution in [0.5, 0.6) is 0 Å². The summed E-state index contributed by atoms with van der Waals surface area (Å²) in [5, 5.41) is 6.80. The number of hydrogen-bond acceptors (Lipinski definition) is 1. The second-order valence-electron chi connectivity index (χ2n) is 8.10. The van der Waals surface area contributed by atoms with Gasteiger partial charge in [-0.3, -0.25) is 0 Å². The van der Waals surface area contributed by atoms with Crippen LogP contribution in [0, 0.1) is 0 Å². The van der Waals surface area contributed by atoms with Gasteiger partial charge in [-0.05, 0) is 67.0 Å². The van der Waals surface area contributed by atoms with E-state index in [1.54, 1.807) is 0 Å². The summed E-state index contributed by atoms with van der Waals surface area (Å²) < 4.78 is 2.69. The molecule has 2 heteroatoms. The van der Waals surface area contributed by atoms with Gasteiger partial charge in [0, 0.05) is 20.2 Å². The summed E-state index contributed by atoms with van der Waals surface area (Å²) in [5.41, 5.74) is 2.59. The van der Waals surface area contributed by atoms with Gasteiger partial charge in [-0.25, -0.2) is 0 Å². The Morgan fingerprint density at radius 1 is 0.706 bits per heavy atom. The topological polar surface area (TPSA) is 0 Å². The highest BCUT2D eigenvalue weighted by Gasteiger charge is 2.20. The van der Waals surface area contributed by atoms with Crippen molar-refractivity contribution in [2.75, 3.05) is 0 Å². The summed E-state index contributed by atoms with van der Waals surface area (Å²) in [6.45, 7) is 4.21. The Morgan fingerprint density at radius 3 is 2.26 bits per heavy atom. The Morgan fingerprint density at radius 2 is 1.44 bits per heavy atom. The zero-order valence-electron chi connectivity index (χ0n) is 19.5. The molecule has 0 aliphatic heterocycles. The third-order valence-electron chi connectivity index (χ3n) is 5.97. The number of hydrogen-bond donors (Lipinski definition) is 0. The number of benzene rings is 4. The first-order valence-corrected chi connectivity index (χ1v) is 13.8. The van der Waals surface area contributed by atoms with Gasteiger partial charge in [0.25, 0.3) is 0 Å². The quantitative estimate of drug-likeness (QED) is 0.170. The van der Waals surface area contributed by atoms with Gasteiger partial charge in [-0.1, -0.05) is 109 Å². The standard InChI is InChI=1S/C32H27PS/c1-3-5-7-14-25(4-2)33(26-15-8-6-9-16-26)30-19-12-10-17-27(30)24-21-22-32-29(23-24)28-18-11-13-20-31(28)34-32/h3-23H,1-2H3/b5-3+,14-7-,25-4+. The molecule has 1 atom stereocenters. The molecule has 0 bridgehead atoms. The van der Waals surface area contributed by atoms with Crippen LogP contribution in [-0.2, 0) is 0 Å². The first-order valence-electron chi connectivity index (χ1n) is 11.6. The van der Waals surface area contributed by atoms with Crippen molar-refractivity contribution >= 4 is 50.0 Å². The molecule has 4 aromatic carbocycles. The predicted octanol–water partition coefficient (Wildman–Crippen LogP) is 9.19. The maximum atomic E-state index is 2.39. The number of allylic oxidation sites excluding steroid dienone is 6. The van der Waals surface area contributed by atoms with E-state index in [1.807, 2.05) is 11.3 Å². The van der Waals surface area contributed by atoms with Gasteiger partial charge in [0.1, 0.15) is 0 Å². The summed E-state index contributed by atoms with van der Waals surface area (Å²) in [7, 11) is -0.699. The van der Waals surface area contributed by atoms with Crippen LogP contribution >= 0.6 is 19.3 Å². The van der Waals surface area contributed by atoms with Crippen LogP contribution < -0.4 is 10.6 Å². The molecule has 1 unspecified atom stereocenters. The normalized spacial score (nSPS) is 13.4. The molecule has 0 radical (unpaired) electrons. The van der Waals surface area contributed by atoms with Gasteiger partial charge in [-0.2, -0.15) is 0 Å². The van der Waals surface area contributed by atoms with Gasteiger partial charge in [-0.15, -0.1) is 11.3 Å². The average Bonchev–Trinajstić information content (AvgIpc) is 3.27. The first kappa shape index (κ1) is 22.5. The summed E-state index contributed by atoms with van der Waals surface area (Å²) in [6.07, 6.45) is 10.9. The second kappa shape index (κ2) is 10.3. The minimum absolute atomic E-state index is 0.699. The third-order valence-corrected chi connectivity index (χ3v) is 9.73. The number of fused-ring (bicyclic) bond motifs is 3. The molecule has 0 spiro atoms. The van der Waals surface area contributed by atoms with Crippen molar-refractivity contribution in [2.24, 2.45) is 0 Å². The predicted molar refractivity (Wildman–Crippen MR) is 155 cm³/mol.